The van der Waals surface area contributed by atoms with Crippen molar-refractivity contribution in [2.75, 3.05) is 6.54 Å². The van der Waals surface area contributed by atoms with Gasteiger partial charge in [-0.05, 0) is 42.4 Å². The fourth-order valence-electron chi connectivity index (χ4n) is 3.10. The van der Waals surface area contributed by atoms with Crippen LogP contribution in [0.5, 0.6) is 5.75 Å². The topological polar surface area (TPSA) is 21.3 Å². The molecule has 5 heteroatoms. The maximum Gasteiger partial charge on any atom is 0.573 e. The zero-order chi connectivity index (χ0) is 15.3. The normalized spacial score (nSPS) is 17.9. The second-order valence-electron chi connectivity index (χ2n) is 5.86. The van der Waals surface area contributed by atoms with Gasteiger partial charge < -0.3 is 10.1 Å². The van der Waals surface area contributed by atoms with Crippen LogP contribution in [0.3, 0.4) is 0 Å². The molecular formula is C16H22F3NO. The summed E-state index contributed by atoms with van der Waals surface area (Å²) in [6, 6.07) is 6.15. The summed E-state index contributed by atoms with van der Waals surface area (Å²) in [4.78, 5) is 0. The Morgan fingerprint density at radius 3 is 2.57 bits per heavy atom. The summed E-state index contributed by atoms with van der Waals surface area (Å²) in [7, 11) is 0. The van der Waals surface area contributed by atoms with Crippen LogP contribution >= 0.6 is 0 Å². The van der Waals surface area contributed by atoms with Crippen molar-refractivity contribution in [1.82, 2.24) is 5.32 Å². The van der Waals surface area contributed by atoms with Gasteiger partial charge in [0.05, 0.1) is 0 Å². The van der Waals surface area contributed by atoms with E-state index in [0.29, 0.717) is 12.0 Å². The summed E-state index contributed by atoms with van der Waals surface area (Å²) in [6.07, 6.45) is 1.57. The van der Waals surface area contributed by atoms with Gasteiger partial charge in [-0.3, -0.25) is 0 Å². The first-order valence-corrected chi connectivity index (χ1v) is 7.48. The van der Waals surface area contributed by atoms with Gasteiger partial charge in [-0.1, -0.05) is 31.9 Å². The molecule has 0 radical (unpaired) electrons. The fourth-order valence-corrected chi connectivity index (χ4v) is 3.10. The molecule has 0 saturated heterocycles. The minimum absolute atomic E-state index is 0.159. The van der Waals surface area contributed by atoms with Gasteiger partial charge in [-0.15, -0.1) is 13.2 Å². The Hall–Kier alpha value is -1.23. The second kappa shape index (κ2) is 6.69. The summed E-state index contributed by atoms with van der Waals surface area (Å²) >= 11 is 0. The first-order valence-electron chi connectivity index (χ1n) is 7.48. The molecule has 0 spiro atoms. The van der Waals surface area contributed by atoms with Crippen molar-refractivity contribution in [3.63, 3.8) is 0 Å². The van der Waals surface area contributed by atoms with Gasteiger partial charge in [-0.25, -0.2) is 0 Å². The Labute approximate surface area is 123 Å². The Morgan fingerprint density at radius 2 is 1.95 bits per heavy atom. The molecule has 0 aliphatic heterocycles. The summed E-state index contributed by atoms with van der Waals surface area (Å²) in [6.45, 7) is 3.70. The van der Waals surface area contributed by atoms with Crippen molar-refractivity contribution in [2.45, 2.75) is 51.9 Å². The third-order valence-electron chi connectivity index (χ3n) is 4.38. The van der Waals surface area contributed by atoms with E-state index in [1.165, 1.54) is 37.8 Å². The van der Waals surface area contributed by atoms with Crippen LogP contribution in [-0.4, -0.2) is 12.9 Å². The van der Waals surface area contributed by atoms with Gasteiger partial charge in [0.1, 0.15) is 5.75 Å². The molecule has 1 aliphatic rings. The number of halogens is 3. The van der Waals surface area contributed by atoms with Gasteiger partial charge in [0.25, 0.3) is 0 Å². The lowest BCUT2D eigenvalue weighted by Gasteiger charge is -2.27. The highest BCUT2D eigenvalue weighted by atomic mass is 19.4. The lowest BCUT2D eigenvalue weighted by Crippen LogP contribution is -2.31. The van der Waals surface area contributed by atoms with Gasteiger partial charge in [0, 0.05) is 13.1 Å². The largest absolute Gasteiger partial charge is 0.573 e. The first kappa shape index (κ1) is 16.1. The highest BCUT2D eigenvalue weighted by molar-refractivity contribution is 5.28. The van der Waals surface area contributed by atoms with E-state index in [1.807, 2.05) is 6.07 Å². The van der Waals surface area contributed by atoms with Crippen molar-refractivity contribution in [1.29, 1.82) is 0 Å². The molecule has 0 atom stereocenters. The summed E-state index contributed by atoms with van der Waals surface area (Å²) < 4.78 is 40.5. The Morgan fingerprint density at radius 1 is 1.24 bits per heavy atom. The lowest BCUT2D eigenvalue weighted by molar-refractivity contribution is -0.274. The highest BCUT2D eigenvalue weighted by Gasteiger charge is 2.32. The van der Waals surface area contributed by atoms with Crippen molar-refractivity contribution in [2.24, 2.45) is 5.41 Å². The number of hydrogen-bond acceptors (Lipinski definition) is 2. The van der Waals surface area contributed by atoms with E-state index in [0.717, 1.165) is 18.5 Å². The van der Waals surface area contributed by atoms with Crippen molar-refractivity contribution in [3.05, 3.63) is 29.8 Å². The first-order chi connectivity index (χ1) is 9.92. The maximum atomic E-state index is 12.2. The van der Waals surface area contributed by atoms with Crippen LogP contribution in [0.25, 0.3) is 0 Å². The number of ether oxygens (including phenoxy) is 1. The molecule has 2 nitrogen and oxygen atoms in total. The molecule has 1 fully saturated rings. The quantitative estimate of drug-likeness (QED) is 0.826. The number of benzene rings is 1. The number of hydrogen-bond donors (Lipinski definition) is 1. The van der Waals surface area contributed by atoms with E-state index in [9.17, 15) is 13.2 Å². The third-order valence-corrected chi connectivity index (χ3v) is 4.38. The predicted molar refractivity (Wildman–Crippen MR) is 76.0 cm³/mol. The molecule has 0 bridgehead atoms. The maximum absolute atomic E-state index is 12.2. The number of rotatable bonds is 6. The molecule has 1 aliphatic carbocycles. The van der Waals surface area contributed by atoms with E-state index < -0.39 is 6.36 Å². The molecule has 1 saturated carbocycles. The highest BCUT2D eigenvalue weighted by Crippen LogP contribution is 2.40. The Bertz CT molecular complexity index is 453. The van der Waals surface area contributed by atoms with E-state index in [4.69, 9.17) is 0 Å². The SMILES string of the molecule is CCC1(CNCc2cccc(OC(F)(F)F)c2)CCCC1. The van der Waals surface area contributed by atoms with Crippen LogP contribution in [0.1, 0.15) is 44.6 Å². The smallest absolute Gasteiger partial charge is 0.406 e. The molecular weight excluding hydrogens is 279 g/mol. The van der Waals surface area contributed by atoms with E-state index in [-0.39, 0.29) is 5.75 Å². The molecule has 1 aromatic carbocycles. The summed E-state index contributed by atoms with van der Waals surface area (Å²) in [5.74, 6) is -0.159. The van der Waals surface area contributed by atoms with E-state index in [2.05, 4.69) is 17.0 Å². The fraction of sp³-hybridized carbons (Fsp3) is 0.625. The van der Waals surface area contributed by atoms with Gasteiger partial charge in [0.15, 0.2) is 0 Å². The monoisotopic (exact) mass is 301 g/mol. The van der Waals surface area contributed by atoms with Gasteiger partial charge in [0.2, 0.25) is 0 Å². The molecule has 21 heavy (non-hydrogen) atoms. The van der Waals surface area contributed by atoms with E-state index >= 15 is 0 Å². The minimum Gasteiger partial charge on any atom is -0.406 e. The molecule has 0 heterocycles. The van der Waals surface area contributed by atoms with Gasteiger partial charge >= 0.3 is 6.36 Å². The van der Waals surface area contributed by atoms with Crippen LogP contribution in [-0.2, 0) is 6.54 Å². The van der Waals surface area contributed by atoms with Crippen molar-refractivity contribution >= 4 is 0 Å². The van der Waals surface area contributed by atoms with E-state index in [1.54, 1.807) is 6.07 Å². The zero-order valence-electron chi connectivity index (χ0n) is 12.3. The minimum atomic E-state index is -4.64. The Kier molecular flexibility index (Phi) is 5.14. The average Bonchev–Trinajstić information content (AvgIpc) is 2.87. The lowest BCUT2D eigenvalue weighted by atomic mass is 9.83. The Balaban J connectivity index is 1.87. The summed E-state index contributed by atoms with van der Waals surface area (Å²) in [5.41, 5.74) is 1.18. The van der Waals surface area contributed by atoms with Gasteiger partial charge in [-0.2, -0.15) is 0 Å². The molecule has 2 rings (SSSR count). The molecule has 1 aromatic rings. The third kappa shape index (κ3) is 4.92. The van der Waals surface area contributed by atoms with Crippen LogP contribution in [0.4, 0.5) is 13.2 Å². The molecule has 118 valence electrons. The molecule has 0 amide bonds. The van der Waals surface area contributed by atoms with Crippen LogP contribution in [0.15, 0.2) is 24.3 Å². The summed E-state index contributed by atoms with van der Waals surface area (Å²) in [5, 5.41) is 3.39. The van der Waals surface area contributed by atoms with Crippen LogP contribution in [0.2, 0.25) is 0 Å². The number of alkyl halides is 3. The van der Waals surface area contributed by atoms with Crippen LogP contribution < -0.4 is 10.1 Å². The predicted octanol–water partition coefficient (Wildman–Crippen LogP) is 4.65. The number of nitrogens with one attached hydrogen (secondary N) is 1. The molecule has 0 unspecified atom stereocenters. The van der Waals surface area contributed by atoms with Crippen LogP contribution in [0, 0.1) is 5.41 Å². The zero-order valence-corrected chi connectivity index (χ0v) is 12.3. The molecule has 0 aromatic heterocycles. The van der Waals surface area contributed by atoms with Crippen molar-refractivity contribution < 1.29 is 17.9 Å². The second-order valence-corrected chi connectivity index (χ2v) is 5.86. The standard InChI is InChI=1S/C16H22F3NO/c1-2-15(8-3-4-9-15)12-20-11-13-6-5-7-14(10-13)21-16(17,18)19/h5-7,10,20H,2-4,8-9,11-12H2,1H3. The van der Waals surface area contributed by atoms with Crippen molar-refractivity contribution in [3.8, 4) is 5.75 Å². The molecule has 1 N–H and O–H groups in total. The average molecular weight is 301 g/mol.